The van der Waals surface area contributed by atoms with Gasteiger partial charge in [-0.2, -0.15) is 0 Å². The summed E-state index contributed by atoms with van der Waals surface area (Å²) in [5.74, 6) is 1.57. The van der Waals surface area contributed by atoms with E-state index >= 15 is 0 Å². The van der Waals surface area contributed by atoms with Crippen molar-refractivity contribution < 1.29 is 4.74 Å². The normalized spacial score (nSPS) is 40.6. The Hall–Kier alpha value is -1.39. The molecule has 2 aliphatic heterocycles. The minimum absolute atomic E-state index is 0.0187. The predicted molar refractivity (Wildman–Crippen MR) is 86.4 cm³/mol. The number of hydrogen-bond donors (Lipinski definition) is 1. The number of fused-ring (bicyclic) bond motifs is 1. The van der Waals surface area contributed by atoms with Gasteiger partial charge < -0.3 is 9.64 Å². The van der Waals surface area contributed by atoms with Gasteiger partial charge in [-0.05, 0) is 30.9 Å². The number of hydrogen-bond acceptors (Lipinski definition) is 3. The smallest absolute Gasteiger partial charge is 0.122 e. The molecule has 1 spiro atoms. The Bertz CT molecular complexity index is 612. The van der Waals surface area contributed by atoms with Crippen molar-refractivity contribution in [2.45, 2.75) is 24.8 Å². The largest absolute Gasteiger partial charge is 0.379 e. The molecule has 2 aliphatic carbocycles. The van der Waals surface area contributed by atoms with Crippen molar-refractivity contribution in [1.82, 2.24) is 4.90 Å². The summed E-state index contributed by atoms with van der Waals surface area (Å²) in [7, 11) is 0. The molecule has 5 rings (SSSR count). The molecular weight excluding hydrogens is 274 g/mol. The van der Waals surface area contributed by atoms with E-state index < -0.39 is 0 Å². The van der Waals surface area contributed by atoms with E-state index in [1.54, 1.807) is 0 Å². The molecule has 22 heavy (non-hydrogen) atoms. The minimum atomic E-state index is 0.0187. The molecule has 4 aliphatic rings. The van der Waals surface area contributed by atoms with Crippen LogP contribution in [0.2, 0.25) is 0 Å². The highest BCUT2D eigenvalue weighted by molar-refractivity contribution is 6.10. The Kier molecular flexibility index (Phi) is 2.57. The first-order valence-electron chi connectivity index (χ1n) is 8.55. The van der Waals surface area contributed by atoms with Crippen molar-refractivity contribution in [2.24, 2.45) is 11.3 Å². The number of benzene rings is 1. The first-order chi connectivity index (χ1) is 10.8. The number of piperidine rings is 1. The highest BCUT2D eigenvalue weighted by Gasteiger charge is 2.85. The van der Waals surface area contributed by atoms with Crippen LogP contribution in [-0.4, -0.2) is 49.1 Å². The number of morpholine rings is 1. The van der Waals surface area contributed by atoms with Crippen LogP contribution in [-0.2, 0) is 4.74 Å². The van der Waals surface area contributed by atoms with E-state index in [4.69, 9.17) is 10.1 Å². The van der Waals surface area contributed by atoms with E-state index in [-0.39, 0.29) is 5.54 Å². The minimum Gasteiger partial charge on any atom is -0.379 e. The second kappa shape index (κ2) is 4.33. The fourth-order valence-corrected chi connectivity index (χ4v) is 5.84. The number of ether oxygens (including phenoxy) is 1. The Balaban J connectivity index is 1.54. The molecule has 2 saturated heterocycles. The Morgan fingerprint density at radius 3 is 2.68 bits per heavy atom. The maximum atomic E-state index is 9.01. The van der Waals surface area contributed by atoms with Crippen LogP contribution in [0, 0.1) is 16.7 Å². The first kappa shape index (κ1) is 13.1. The summed E-state index contributed by atoms with van der Waals surface area (Å²) >= 11 is 0. The van der Waals surface area contributed by atoms with Crippen LogP contribution in [0.4, 0.5) is 5.69 Å². The maximum absolute atomic E-state index is 9.01. The number of amidine groups is 1. The van der Waals surface area contributed by atoms with Crippen LogP contribution in [0.15, 0.2) is 30.3 Å². The van der Waals surface area contributed by atoms with Gasteiger partial charge in [-0.25, -0.2) is 0 Å². The van der Waals surface area contributed by atoms with Gasteiger partial charge in [-0.15, -0.1) is 0 Å². The first-order valence-corrected chi connectivity index (χ1v) is 8.55. The molecule has 1 aromatic rings. The summed E-state index contributed by atoms with van der Waals surface area (Å²) in [5, 5.41) is 9.01. The van der Waals surface area contributed by atoms with Crippen molar-refractivity contribution in [3.05, 3.63) is 30.3 Å². The van der Waals surface area contributed by atoms with E-state index in [2.05, 4.69) is 40.1 Å². The molecule has 0 unspecified atom stereocenters. The van der Waals surface area contributed by atoms with Crippen molar-refractivity contribution in [3.8, 4) is 0 Å². The number of anilines is 1. The van der Waals surface area contributed by atoms with Crippen LogP contribution in [0.3, 0.4) is 0 Å². The SMILES string of the molecule is N=C1N(c2ccccc2)C[C@]23CCC[C@H]2[C@]13N1CCOCC1. The molecule has 1 aromatic carbocycles. The van der Waals surface area contributed by atoms with Crippen molar-refractivity contribution in [3.63, 3.8) is 0 Å². The van der Waals surface area contributed by atoms with Gasteiger partial charge in [0.2, 0.25) is 0 Å². The van der Waals surface area contributed by atoms with Gasteiger partial charge in [0.25, 0.3) is 0 Å². The average molecular weight is 297 g/mol. The topological polar surface area (TPSA) is 39.6 Å². The molecule has 3 atom stereocenters. The van der Waals surface area contributed by atoms with Crippen molar-refractivity contribution in [2.75, 3.05) is 37.7 Å². The van der Waals surface area contributed by atoms with Crippen LogP contribution >= 0.6 is 0 Å². The lowest BCUT2D eigenvalue weighted by Crippen LogP contribution is -2.53. The zero-order chi connectivity index (χ0) is 14.8. The van der Waals surface area contributed by atoms with E-state index in [9.17, 15) is 0 Å². The van der Waals surface area contributed by atoms with Gasteiger partial charge in [0.05, 0.1) is 18.8 Å². The lowest BCUT2D eigenvalue weighted by molar-refractivity contribution is 0.0135. The second-order valence-corrected chi connectivity index (χ2v) is 7.24. The fourth-order valence-electron chi connectivity index (χ4n) is 5.84. The molecule has 2 heterocycles. The van der Waals surface area contributed by atoms with Crippen molar-refractivity contribution >= 4 is 11.5 Å². The third-order valence-corrected chi connectivity index (χ3v) is 6.61. The number of rotatable bonds is 2. The number of nitrogens with zero attached hydrogens (tertiary/aromatic N) is 2. The molecule has 4 fully saturated rings. The lowest BCUT2D eigenvalue weighted by Gasteiger charge is -2.38. The fraction of sp³-hybridized carbons (Fsp3) is 0.611. The maximum Gasteiger partial charge on any atom is 0.122 e. The third kappa shape index (κ3) is 1.34. The molecule has 2 saturated carbocycles. The van der Waals surface area contributed by atoms with Gasteiger partial charge in [-0.3, -0.25) is 10.3 Å². The van der Waals surface area contributed by atoms with Gasteiger partial charge >= 0.3 is 0 Å². The van der Waals surface area contributed by atoms with Crippen molar-refractivity contribution in [1.29, 1.82) is 5.41 Å². The summed E-state index contributed by atoms with van der Waals surface area (Å²) in [4.78, 5) is 4.86. The van der Waals surface area contributed by atoms with Crippen LogP contribution in [0.1, 0.15) is 19.3 Å². The second-order valence-electron chi connectivity index (χ2n) is 7.24. The molecular formula is C18H23N3O. The molecule has 4 nitrogen and oxygen atoms in total. The average Bonchev–Trinajstić information content (AvgIpc) is 2.85. The Morgan fingerprint density at radius 2 is 1.91 bits per heavy atom. The molecule has 4 heteroatoms. The predicted octanol–water partition coefficient (Wildman–Crippen LogP) is 2.35. The van der Waals surface area contributed by atoms with Crippen LogP contribution in [0.25, 0.3) is 0 Å². The molecule has 116 valence electrons. The molecule has 0 aromatic heterocycles. The number of nitrogens with one attached hydrogen (secondary N) is 1. The van der Waals surface area contributed by atoms with Gasteiger partial charge in [0.15, 0.2) is 0 Å². The summed E-state index contributed by atoms with van der Waals surface area (Å²) in [6, 6.07) is 10.5. The van der Waals surface area contributed by atoms with Gasteiger partial charge in [-0.1, -0.05) is 24.6 Å². The van der Waals surface area contributed by atoms with E-state index in [0.29, 0.717) is 11.3 Å². The Morgan fingerprint density at radius 1 is 1.14 bits per heavy atom. The zero-order valence-electron chi connectivity index (χ0n) is 12.9. The quantitative estimate of drug-likeness (QED) is 0.911. The van der Waals surface area contributed by atoms with Crippen LogP contribution in [0.5, 0.6) is 0 Å². The van der Waals surface area contributed by atoms with E-state index in [1.165, 1.54) is 24.9 Å². The summed E-state index contributed by atoms with van der Waals surface area (Å²) in [6.07, 6.45) is 3.94. The van der Waals surface area contributed by atoms with Gasteiger partial charge in [0, 0.05) is 30.7 Å². The highest BCUT2D eigenvalue weighted by Crippen LogP contribution is 2.77. The molecule has 0 bridgehead atoms. The summed E-state index contributed by atoms with van der Waals surface area (Å²) < 4.78 is 5.56. The highest BCUT2D eigenvalue weighted by atomic mass is 16.5. The third-order valence-electron chi connectivity index (χ3n) is 6.61. The van der Waals surface area contributed by atoms with Crippen LogP contribution < -0.4 is 4.90 Å². The monoisotopic (exact) mass is 297 g/mol. The molecule has 1 N–H and O–H groups in total. The Labute approximate surface area is 131 Å². The summed E-state index contributed by atoms with van der Waals surface area (Å²) in [6.45, 7) is 4.66. The van der Waals surface area contributed by atoms with E-state index in [1.807, 2.05) is 0 Å². The van der Waals surface area contributed by atoms with E-state index in [0.717, 1.165) is 38.7 Å². The lowest BCUT2D eigenvalue weighted by atomic mass is 9.96. The molecule has 0 amide bonds. The zero-order valence-corrected chi connectivity index (χ0v) is 12.9. The van der Waals surface area contributed by atoms with Gasteiger partial charge in [0.1, 0.15) is 5.84 Å². The summed E-state index contributed by atoms with van der Waals surface area (Å²) in [5.41, 5.74) is 1.55. The standard InChI is InChI=1S/C18H23N3O/c19-16-18(20-9-11-22-12-10-20)15-7-4-8-17(15,18)13-21(16)14-5-2-1-3-6-14/h1-3,5-6,15,19H,4,7-13H2/t15-,17-,18+/m1/s1. The number of para-hydroxylation sites is 1. The molecule has 0 radical (unpaired) electrons.